The molecule has 606 valence electrons. The molecule has 0 aliphatic carbocycles. The largest absolute Gasteiger partial charge is 0.466 e. The number of hydrogen-bond acceptors (Lipinski definition) is 19. The van der Waals surface area contributed by atoms with Crippen molar-refractivity contribution in [3.8, 4) is 45.0 Å². The second kappa shape index (κ2) is 44.4. The fraction of sp³-hybridized carbons (Fsp3) is 0.337. The van der Waals surface area contributed by atoms with E-state index >= 15 is 0 Å². The molecule has 8 aromatic heterocycles. The summed E-state index contributed by atoms with van der Waals surface area (Å²) in [6.07, 6.45) is 6.08. The van der Waals surface area contributed by atoms with Crippen LogP contribution in [-0.4, -0.2) is 152 Å². The first-order valence-corrected chi connectivity index (χ1v) is 40.6. The van der Waals surface area contributed by atoms with Gasteiger partial charge in [-0.1, -0.05) is 104 Å². The summed E-state index contributed by atoms with van der Waals surface area (Å²) in [4.78, 5) is 73.5. The Kier molecular flexibility index (Phi) is 35.7. The SMILES string of the molecule is CC(C)Cn1ccc2cc(-c3cccc(C=O)n3)ccc21.CC(C)Cn1ccc2cc(-c3cccc([C@H](O)[C@@H](O)C(N)=O)n3)ccc21.CCOC(=O)/C=C/c1cccc(-c2ccc3c(ccn3CC(C)C)c2)n1.CCOC(=O)CP(C)(C)=O.CCOC(=O)[C@H](O)[C@@H](O)c1cccc(-c2ccc3c(ccn3CC(C)C)c2)n1.CO.N. The van der Waals surface area contributed by atoms with Gasteiger partial charge in [-0.05, 0) is 185 Å². The van der Waals surface area contributed by atoms with Crippen LogP contribution in [-0.2, 0) is 64.1 Å². The van der Waals surface area contributed by atoms with E-state index in [2.05, 4.69) is 196 Å². The van der Waals surface area contributed by atoms with Crippen molar-refractivity contribution in [2.24, 2.45) is 29.4 Å². The van der Waals surface area contributed by atoms with Gasteiger partial charge in [0.25, 0.3) is 0 Å². The Labute approximate surface area is 667 Å². The molecule has 24 nitrogen and oxygen atoms in total. The van der Waals surface area contributed by atoms with Crippen LogP contribution in [0.5, 0.6) is 0 Å². The highest BCUT2D eigenvalue weighted by Gasteiger charge is 2.29. The molecule has 4 atom stereocenters. The zero-order valence-electron chi connectivity index (χ0n) is 67.7. The Morgan fingerprint density at radius 1 is 0.447 bits per heavy atom. The van der Waals surface area contributed by atoms with Crippen molar-refractivity contribution < 1.29 is 68.3 Å². The number of nitrogens with two attached hydrogens (primary N) is 1. The summed E-state index contributed by atoms with van der Waals surface area (Å²) < 4.78 is 34.3. The first kappa shape index (κ1) is 91.8. The summed E-state index contributed by atoms with van der Waals surface area (Å²) in [5, 5.41) is 51.6. The molecule has 12 rings (SSSR count). The van der Waals surface area contributed by atoms with E-state index in [1.807, 2.05) is 66.7 Å². The van der Waals surface area contributed by atoms with Gasteiger partial charge in [0.05, 0.1) is 73.0 Å². The summed E-state index contributed by atoms with van der Waals surface area (Å²) >= 11 is 0. The fourth-order valence-electron chi connectivity index (χ4n) is 12.3. The maximum Gasteiger partial charge on any atom is 0.338 e. The Hall–Kier alpha value is -11.1. The normalized spacial score (nSPS) is 12.2. The Morgan fingerprint density at radius 2 is 0.772 bits per heavy atom. The number of aliphatic hydroxyl groups excluding tert-OH is 5. The zero-order chi connectivity index (χ0) is 82.6. The summed E-state index contributed by atoms with van der Waals surface area (Å²) in [5.41, 5.74) is 18.3. The summed E-state index contributed by atoms with van der Waals surface area (Å²) in [7, 11) is -1.23. The molecule has 0 radical (unpaired) electrons. The quantitative estimate of drug-likeness (QED) is 0.00870. The summed E-state index contributed by atoms with van der Waals surface area (Å²) in [5.74, 6) is -0.236. The van der Waals surface area contributed by atoms with E-state index in [0.717, 1.165) is 101 Å². The van der Waals surface area contributed by atoms with Crippen LogP contribution in [0, 0.1) is 23.7 Å². The molecule has 4 aromatic carbocycles. The molecule has 0 saturated carbocycles. The molecule has 0 saturated heterocycles. The number of fused-ring (bicyclic) bond motifs is 4. The molecule has 1 amide bonds. The third kappa shape index (κ3) is 26.8. The van der Waals surface area contributed by atoms with Gasteiger partial charge < -0.3 is 74.5 Å². The molecule has 0 aliphatic rings. The molecular formula is C89H111N10O14P. The van der Waals surface area contributed by atoms with Crippen LogP contribution < -0.4 is 11.9 Å². The van der Waals surface area contributed by atoms with Crippen molar-refractivity contribution in [3.63, 3.8) is 0 Å². The lowest BCUT2D eigenvalue weighted by Crippen LogP contribution is -2.34. The molecule has 8 heterocycles. The Morgan fingerprint density at radius 3 is 1.10 bits per heavy atom. The van der Waals surface area contributed by atoms with Crippen LogP contribution in [0.4, 0.5) is 0 Å². The number of rotatable bonds is 26. The van der Waals surface area contributed by atoms with Crippen LogP contribution in [0.15, 0.2) is 201 Å². The molecule has 0 bridgehead atoms. The molecule has 0 fully saturated rings. The lowest BCUT2D eigenvalue weighted by Gasteiger charge is -2.16. The van der Waals surface area contributed by atoms with E-state index in [0.29, 0.717) is 54.0 Å². The van der Waals surface area contributed by atoms with Crippen molar-refractivity contribution in [1.82, 2.24) is 44.4 Å². The van der Waals surface area contributed by atoms with Gasteiger partial charge in [-0.3, -0.25) is 14.4 Å². The van der Waals surface area contributed by atoms with Gasteiger partial charge in [-0.25, -0.2) is 29.5 Å². The van der Waals surface area contributed by atoms with E-state index < -0.39 is 43.4 Å². The minimum absolute atomic E-state index is 0. The van der Waals surface area contributed by atoms with Gasteiger partial charge >= 0.3 is 17.9 Å². The average Bonchev–Trinajstić information content (AvgIpc) is 1.41. The van der Waals surface area contributed by atoms with Gasteiger partial charge in [0, 0.05) is 130 Å². The number of aromatic nitrogens is 8. The van der Waals surface area contributed by atoms with Crippen LogP contribution in [0.2, 0.25) is 0 Å². The van der Waals surface area contributed by atoms with Crippen LogP contribution >= 0.6 is 7.14 Å². The van der Waals surface area contributed by atoms with Gasteiger partial charge in [-0.15, -0.1) is 0 Å². The van der Waals surface area contributed by atoms with Gasteiger partial charge in [0.2, 0.25) is 5.91 Å². The highest BCUT2D eigenvalue weighted by Crippen LogP contribution is 2.36. The summed E-state index contributed by atoms with van der Waals surface area (Å²) in [6.45, 7) is 30.7. The predicted molar refractivity (Wildman–Crippen MR) is 453 cm³/mol. The Bertz CT molecular complexity index is 5210. The Balaban J connectivity index is 0.000000226. The number of aldehydes is 1. The van der Waals surface area contributed by atoms with E-state index in [4.69, 9.17) is 20.3 Å². The third-order valence-electron chi connectivity index (χ3n) is 17.2. The van der Waals surface area contributed by atoms with Gasteiger partial charge in [0.15, 0.2) is 18.5 Å². The molecule has 12 aromatic rings. The molecule has 25 heteroatoms. The maximum absolute atomic E-state index is 11.7. The smallest absolute Gasteiger partial charge is 0.338 e. The van der Waals surface area contributed by atoms with Crippen molar-refractivity contribution in [2.45, 2.75) is 127 Å². The molecule has 0 spiro atoms. The van der Waals surface area contributed by atoms with Gasteiger partial charge in [0.1, 0.15) is 17.9 Å². The molecule has 0 unspecified atom stereocenters. The minimum atomic E-state index is -2.23. The molecular weight excluding hydrogens is 1460 g/mol. The number of ether oxygens (including phenoxy) is 3. The minimum Gasteiger partial charge on any atom is -0.466 e. The van der Waals surface area contributed by atoms with E-state index in [9.17, 15) is 49.0 Å². The van der Waals surface area contributed by atoms with E-state index in [1.54, 1.807) is 70.5 Å². The van der Waals surface area contributed by atoms with Crippen molar-refractivity contribution in [2.75, 3.05) is 46.4 Å². The first-order chi connectivity index (χ1) is 54.0. The van der Waals surface area contributed by atoms with E-state index in [1.165, 1.54) is 27.9 Å². The highest BCUT2D eigenvalue weighted by molar-refractivity contribution is 7.63. The average molecular weight is 1580 g/mol. The number of carbonyl (C=O) groups excluding carboxylic acids is 5. The number of pyridine rings is 4. The van der Waals surface area contributed by atoms with Crippen molar-refractivity contribution in [1.29, 1.82) is 0 Å². The standard InChI is InChI=1S/C22H26N2O4.C22H24N2O2.C20H23N3O3.C18H18N2O.C6H13O3P.CH4O.H3N/c1-4-28-22(27)21(26)20(25)18-7-5-6-17(23-18)15-8-9-19-16(12-15)10-11-24(19)13-14(2)3;1-4-26-22(25)11-9-19-6-5-7-20(23-19)17-8-10-21-18(14-17)12-13-24(21)15-16(2)3;1-12(2)11-23-9-8-14-10-13(6-7-17(14)23)15-4-3-5-16(22-15)18(24)19(25)20(21)26;1-13(2)11-20-9-8-15-10-14(6-7-18(15)20)17-5-3-4-16(12-21)19-17;1-4-9-6(7)5-10(2,3)8;1-2;/h5-12,14,20-21,25-26H,4,13H2,1-3H3;5-14,16H,4,15H2,1-3H3;3-10,12,18-19,24-25H,11H2,1-2H3,(H2,21,26);3-10,12-13H,11H2,1-2H3;4-5H2,1-3H3;2H,1H3;1H3/b;11-9+;;;;;/t20-,21+;;18-,19+;;;;/m0.0..../s1. The number of aliphatic hydroxyl groups is 5. The lowest BCUT2D eigenvalue weighted by atomic mass is 10.1. The number of nitrogens with zero attached hydrogens (tertiary/aromatic N) is 8. The van der Waals surface area contributed by atoms with E-state index in [-0.39, 0.29) is 42.2 Å². The predicted octanol–water partition coefficient (Wildman–Crippen LogP) is 15.6. The highest BCUT2D eigenvalue weighted by atomic mass is 31.2. The van der Waals surface area contributed by atoms with Gasteiger partial charge in [-0.2, -0.15) is 0 Å². The number of esters is 3. The number of amides is 1. The third-order valence-corrected chi connectivity index (χ3v) is 18.3. The van der Waals surface area contributed by atoms with Crippen molar-refractivity contribution in [3.05, 3.63) is 223 Å². The van der Waals surface area contributed by atoms with Crippen LogP contribution in [0.1, 0.15) is 116 Å². The number of benzene rings is 4. The topological polar surface area (TPSA) is 364 Å². The second-order valence-electron chi connectivity index (χ2n) is 29.0. The fourth-order valence-corrected chi connectivity index (χ4v) is 13.0. The maximum atomic E-state index is 11.7. The first-order valence-electron chi connectivity index (χ1n) is 37.8. The molecule has 0 aliphatic heterocycles. The van der Waals surface area contributed by atoms with Crippen LogP contribution in [0.25, 0.3) is 94.7 Å². The number of carbonyl (C=O) groups is 5. The summed E-state index contributed by atoms with van der Waals surface area (Å²) in [6, 6.07) is 54.9. The molecule has 114 heavy (non-hydrogen) atoms. The lowest BCUT2D eigenvalue weighted by molar-refractivity contribution is -0.159. The number of hydrogen-bond donors (Lipinski definition) is 7. The van der Waals surface area contributed by atoms with Crippen molar-refractivity contribution >= 4 is 86.9 Å². The van der Waals surface area contributed by atoms with Crippen LogP contribution in [0.3, 0.4) is 0 Å². The zero-order valence-corrected chi connectivity index (χ0v) is 68.6. The monoisotopic (exact) mass is 1570 g/mol. The second-order valence-corrected chi connectivity index (χ2v) is 32.5. The number of primary amides is 1. The molecule has 10 N–H and O–H groups in total.